The van der Waals surface area contributed by atoms with Crippen LogP contribution in [-0.2, 0) is 22.1 Å². The largest absolute Gasteiger partial charge is 0.466 e. The fourth-order valence-corrected chi connectivity index (χ4v) is 4.57. The lowest BCUT2D eigenvalue weighted by Gasteiger charge is -2.43. The van der Waals surface area contributed by atoms with Gasteiger partial charge in [-0.15, -0.1) is 0 Å². The lowest BCUT2D eigenvalue weighted by atomic mass is 9.87. The topological polar surface area (TPSA) is 124 Å². The quantitative estimate of drug-likeness (QED) is 0.359. The van der Waals surface area contributed by atoms with Crippen LogP contribution in [0, 0.1) is 16.7 Å². The lowest BCUT2D eigenvalue weighted by molar-refractivity contribution is -0.138. The summed E-state index contributed by atoms with van der Waals surface area (Å²) in [4.78, 5) is 27.7. The fourth-order valence-electron chi connectivity index (χ4n) is 4.28. The zero-order valence-corrected chi connectivity index (χ0v) is 21.5. The molecule has 0 fully saturated rings. The molecule has 1 aliphatic rings. The van der Waals surface area contributed by atoms with Crippen molar-refractivity contribution in [3.63, 3.8) is 0 Å². The van der Waals surface area contributed by atoms with E-state index in [0.29, 0.717) is 34.9 Å². The standard InChI is InChI=1S/C25H23BrF3N5O3/c1-14-20(22(35)37-2)21(19-9-8-15(13-30)11-16(19)5-4-10-26)34(24(32)36)23(31)33(14)18-7-3-6-17(12-18)25(27,28)29/h3,6-9,11-12,21,31H,4-5,10H2,1-2H3,(H2,32,36)/t21-/m1/s1. The van der Waals surface area contributed by atoms with Gasteiger partial charge in [-0.25, -0.2) is 9.59 Å². The normalized spacial score (nSPS) is 16.0. The third kappa shape index (κ3) is 5.46. The number of halogens is 4. The van der Waals surface area contributed by atoms with Gasteiger partial charge in [-0.1, -0.05) is 28.1 Å². The SMILES string of the molecule is COC(=O)C1=C(C)N(c2cccc(C(F)(F)F)c2)C(=N)N(C(N)=O)[C@@H]1c1ccc(C#N)cc1CCCBr. The highest BCUT2D eigenvalue weighted by Crippen LogP contribution is 2.42. The Hall–Kier alpha value is -3.85. The van der Waals surface area contributed by atoms with Gasteiger partial charge in [0.2, 0.25) is 5.96 Å². The van der Waals surface area contributed by atoms with Crippen LogP contribution in [0.4, 0.5) is 23.7 Å². The summed E-state index contributed by atoms with van der Waals surface area (Å²) in [5, 5.41) is 18.8. The molecule has 3 rings (SSSR count). The third-order valence-electron chi connectivity index (χ3n) is 5.92. The number of amides is 2. The summed E-state index contributed by atoms with van der Waals surface area (Å²) in [6.45, 7) is 1.45. The van der Waals surface area contributed by atoms with Crippen molar-refractivity contribution in [3.8, 4) is 6.07 Å². The number of aryl methyl sites for hydroxylation is 1. The summed E-state index contributed by atoms with van der Waals surface area (Å²) in [6, 6.07) is 8.64. The zero-order chi connectivity index (χ0) is 27.5. The number of ether oxygens (including phenoxy) is 1. The minimum atomic E-state index is -4.66. The van der Waals surface area contributed by atoms with Crippen LogP contribution in [0.2, 0.25) is 0 Å². The van der Waals surface area contributed by atoms with Crippen molar-refractivity contribution in [3.05, 3.63) is 76.0 Å². The number of nitriles is 1. The smallest absolute Gasteiger partial charge is 0.416 e. The monoisotopic (exact) mass is 577 g/mol. The van der Waals surface area contributed by atoms with Crippen molar-refractivity contribution in [1.29, 1.82) is 10.7 Å². The number of carbonyl (C=O) groups excluding carboxylic acids is 2. The third-order valence-corrected chi connectivity index (χ3v) is 6.48. The van der Waals surface area contributed by atoms with Crippen molar-refractivity contribution >= 4 is 39.6 Å². The first-order chi connectivity index (χ1) is 17.5. The molecule has 2 amide bonds. The molecule has 0 aliphatic carbocycles. The maximum atomic E-state index is 13.4. The molecule has 194 valence electrons. The van der Waals surface area contributed by atoms with Crippen LogP contribution in [0.15, 0.2) is 53.7 Å². The first-order valence-corrected chi connectivity index (χ1v) is 12.1. The Bertz CT molecular complexity index is 1320. The van der Waals surface area contributed by atoms with Gasteiger partial charge < -0.3 is 10.5 Å². The number of benzene rings is 2. The van der Waals surface area contributed by atoms with Gasteiger partial charge in [0, 0.05) is 16.7 Å². The van der Waals surface area contributed by atoms with E-state index in [9.17, 15) is 28.0 Å². The first-order valence-electron chi connectivity index (χ1n) is 11.0. The number of hydrogen-bond donors (Lipinski definition) is 2. The number of alkyl halides is 4. The second-order valence-corrected chi connectivity index (χ2v) is 8.92. The number of hydrogen-bond acceptors (Lipinski definition) is 5. The van der Waals surface area contributed by atoms with Gasteiger partial charge in [-0.05, 0) is 61.2 Å². The molecule has 3 N–H and O–H groups in total. The van der Waals surface area contributed by atoms with Crippen molar-refractivity contribution in [1.82, 2.24) is 4.90 Å². The molecule has 0 saturated heterocycles. The van der Waals surface area contributed by atoms with E-state index in [4.69, 9.17) is 15.9 Å². The Balaban J connectivity index is 2.33. The molecule has 0 spiro atoms. The van der Waals surface area contributed by atoms with Crippen molar-refractivity contribution in [2.24, 2.45) is 5.73 Å². The van der Waals surface area contributed by atoms with E-state index in [-0.39, 0.29) is 17.0 Å². The average molecular weight is 578 g/mol. The summed E-state index contributed by atoms with van der Waals surface area (Å²) in [6.07, 6.45) is -3.53. The van der Waals surface area contributed by atoms with Gasteiger partial charge in [0.25, 0.3) is 0 Å². The number of anilines is 1. The van der Waals surface area contributed by atoms with Crippen LogP contribution in [0.1, 0.15) is 41.6 Å². The molecule has 0 saturated carbocycles. The average Bonchev–Trinajstić information content (AvgIpc) is 2.86. The van der Waals surface area contributed by atoms with Crippen LogP contribution in [0.3, 0.4) is 0 Å². The number of allylic oxidation sites excluding steroid dienone is 1. The number of rotatable bonds is 6. The summed E-state index contributed by atoms with van der Waals surface area (Å²) in [5.74, 6) is -1.40. The van der Waals surface area contributed by atoms with Crippen LogP contribution in [-0.4, -0.2) is 35.3 Å². The molecule has 1 aliphatic heterocycles. The summed E-state index contributed by atoms with van der Waals surface area (Å²) >= 11 is 3.36. The number of urea groups is 1. The highest BCUT2D eigenvalue weighted by molar-refractivity contribution is 9.09. The van der Waals surface area contributed by atoms with Crippen LogP contribution in [0.25, 0.3) is 0 Å². The molecule has 0 aromatic heterocycles. The van der Waals surface area contributed by atoms with E-state index in [0.717, 1.165) is 35.1 Å². The van der Waals surface area contributed by atoms with Gasteiger partial charge in [-0.2, -0.15) is 18.4 Å². The van der Waals surface area contributed by atoms with Gasteiger partial charge >= 0.3 is 18.2 Å². The molecular weight excluding hydrogens is 555 g/mol. The predicted octanol–water partition coefficient (Wildman–Crippen LogP) is 5.23. The second kappa shape index (κ2) is 11.0. The van der Waals surface area contributed by atoms with E-state index < -0.39 is 35.7 Å². The molecular formula is C25H23BrF3N5O3. The van der Waals surface area contributed by atoms with Crippen molar-refractivity contribution in [2.45, 2.75) is 32.0 Å². The van der Waals surface area contributed by atoms with E-state index in [1.165, 1.54) is 19.1 Å². The summed E-state index contributed by atoms with van der Waals surface area (Å²) < 4.78 is 45.2. The van der Waals surface area contributed by atoms with Gasteiger partial charge in [0.05, 0.1) is 29.9 Å². The minimum Gasteiger partial charge on any atom is -0.466 e. The number of carbonyl (C=O) groups is 2. The molecule has 0 radical (unpaired) electrons. The van der Waals surface area contributed by atoms with Crippen molar-refractivity contribution < 1.29 is 27.5 Å². The highest BCUT2D eigenvalue weighted by atomic mass is 79.9. The molecule has 1 heterocycles. The van der Waals surface area contributed by atoms with E-state index in [1.807, 2.05) is 0 Å². The molecule has 0 unspecified atom stereocenters. The van der Waals surface area contributed by atoms with Crippen LogP contribution >= 0.6 is 15.9 Å². The first kappa shape index (κ1) is 27.7. The number of primary amides is 1. The molecule has 2 aromatic rings. The van der Waals surface area contributed by atoms with Gasteiger partial charge in [0.1, 0.15) is 6.04 Å². The Morgan fingerprint density at radius 3 is 2.51 bits per heavy atom. The fraction of sp³-hybridized carbons (Fsp3) is 0.280. The number of nitrogens with two attached hydrogens (primary N) is 1. The Morgan fingerprint density at radius 1 is 1.24 bits per heavy atom. The Morgan fingerprint density at radius 2 is 1.95 bits per heavy atom. The van der Waals surface area contributed by atoms with Crippen molar-refractivity contribution in [2.75, 3.05) is 17.3 Å². The minimum absolute atomic E-state index is 0.0838. The number of esters is 1. The predicted molar refractivity (Wildman–Crippen MR) is 134 cm³/mol. The molecule has 12 heteroatoms. The van der Waals surface area contributed by atoms with E-state index >= 15 is 0 Å². The molecule has 2 aromatic carbocycles. The zero-order valence-electron chi connectivity index (χ0n) is 19.9. The summed E-state index contributed by atoms with van der Waals surface area (Å²) in [7, 11) is 1.13. The number of nitrogens with zero attached hydrogens (tertiary/aromatic N) is 3. The highest BCUT2D eigenvalue weighted by Gasteiger charge is 2.44. The molecule has 37 heavy (non-hydrogen) atoms. The Kier molecular flexibility index (Phi) is 8.28. The maximum absolute atomic E-state index is 13.4. The summed E-state index contributed by atoms with van der Waals surface area (Å²) in [5.41, 5.74) is 6.07. The van der Waals surface area contributed by atoms with E-state index in [1.54, 1.807) is 12.1 Å². The lowest BCUT2D eigenvalue weighted by Crippen LogP contribution is -2.55. The molecule has 8 nitrogen and oxygen atoms in total. The number of nitrogens with one attached hydrogen (secondary N) is 1. The maximum Gasteiger partial charge on any atom is 0.416 e. The molecule has 1 atom stereocenters. The van der Waals surface area contributed by atoms with Gasteiger partial charge in [0.15, 0.2) is 0 Å². The van der Waals surface area contributed by atoms with Crippen LogP contribution in [0.5, 0.6) is 0 Å². The van der Waals surface area contributed by atoms with E-state index in [2.05, 4.69) is 22.0 Å². The molecule has 0 bridgehead atoms. The Labute approximate surface area is 219 Å². The number of methoxy groups -OCH3 is 1. The number of guanidine groups is 1. The van der Waals surface area contributed by atoms with Gasteiger partial charge in [-0.3, -0.25) is 15.2 Å². The van der Waals surface area contributed by atoms with Crippen LogP contribution < -0.4 is 10.6 Å². The second-order valence-electron chi connectivity index (χ2n) is 8.13.